The summed E-state index contributed by atoms with van der Waals surface area (Å²) in [7, 11) is -7.81. The summed E-state index contributed by atoms with van der Waals surface area (Å²) in [5, 5.41) is 2.82. The first-order chi connectivity index (χ1) is 7.42. The molecule has 0 amide bonds. The molecule has 2 fully saturated rings. The number of hydrogen-bond donors (Lipinski definition) is 3. The minimum absolute atomic E-state index is 0.0531. The van der Waals surface area contributed by atoms with Gasteiger partial charge in [0, 0.05) is 6.04 Å². The second-order valence-electron chi connectivity index (χ2n) is 4.44. The normalized spacial score (nSPS) is 46.0. The average Bonchev–Trinajstić information content (AvgIpc) is 2.40. The van der Waals surface area contributed by atoms with Gasteiger partial charge in [-0.25, -0.2) is 4.31 Å². The number of hydrogen-bond acceptors (Lipinski definition) is 4. The van der Waals surface area contributed by atoms with Crippen LogP contribution >= 0.6 is 15.2 Å². The highest BCUT2D eigenvalue weighted by Gasteiger charge is 2.61. The molecule has 6 nitrogen and oxygen atoms in total. The average molecular weight is 269 g/mol. The zero-order chi connectivity index (χ0) is 11.8. The van der Waals surface area contributed by atoms with Crippen molar-refractivity contribution in [1.82, 2.24) is 5.32 Å². The molecular weight excluding hydrogens is 252 g/mol. The Morgan fingerprint density at radius 1 is 1.00 bits per heavy atom. The van der Waals surface area contributed by atoms with Crippen molar-refractivity contribution in [1.29, 1.82) is 0 Å². The van der Waals surface area contributed by atoms with Crippen molar-refractivity contribution < 1.29 is 23.2 Å². The van der Waals surface area contributed by atoms with Crippen molar-refractivity contribution >= 4 is 15.2 Å². The molecule has 2 aliphatic rings. The lowest BCUT2D eigenvalue weighted by molar-refractivity contribution is 0.266. The molecule has 1 saturated heterocycles. The van der Waals surface area contributed by atoms with Crippen molar-refractivity contribution in [3.05, 3.63) is 0 Å². The van der Waals surface area contributed by atoms with E-state index in [0.29, 0.717) is 0 Å². The fraction of sp³-hybridized carbons (Fsp3) is 1.00. The molecule has 1 aliphatic carbocycles. The summed E-state index contributed by atoms with van der Waals surface area (Å²) in [6, 6.07) is 0.0531. The van der Waals surface area contributed by atoms with Crippen LogP contribution in [-0.4, -0.2) is 21.4 Å². The second kappa shape index (κ2) is 4.52. The Hall–Kier alpha value is 0.300. The molecule has 0 spiro atoms. The Balaban J connectivity index is 1.97. The number of rotatable bonds is 2. The Morgan fingerprint density at radius 2 is 1.50 bits per heavy atom. The molecule has 16 heavy (non-hydrogen) atoms. The fourth-order valence-electron chi connectivity index (χ4n) is 2.25. The highest BCUT2D eigenvalue weighted by atomic mass is 31.3. The van der Waals surface area contributed by atoms with Crippen LogP contribution in [0.4, 0.5) is 0 Å². The molecule has 1 aliphatic heterocycles. The number of nitrogens with one attached hydrogen (secondary N) is 1. The van der Waals surface area contributed by atoms with Gasteiger partial charge in [0.25, 0.3) is 0 Å². The van der Waals surface area contributed by atoms with Gasteiger partial charge < -0.3 is 9.79 Å². The quantitative estimate of drug-likeness (QED) is 0.524. The van der Waals surface area contributed by atoms with Gasteiger partial charge in [0.1, 0.15) is 0 Å². The molecule has 8 heteroatoms. The maximum atomic E-state index is 11.3. The van der Waals surface area contributed by atoms with E-state index in [4.69, 9.17) is 0 Å². The summed E-state index contributed by atoms with van der Waals surface area (Å²) >= 11 is 0. The summed E-state index contributed by atoms with van der Waals surface area (Å²) in [6.45, 7) is 0. The van der Waals surface area contributed by atoms with Gasteiger partial charge in [0.2, 0.25) is 5.52 Å². The third kappa shape index (κ3) is 2.58. The standard InChI is InChI=1S/C8H17NO5P2/c10-15(11)8(16(12,13)14-15)9-7-5-3-1-2-4-6-7/h7-9H,1-6H2,(H,10,11)(H,12,13). The van der Waals surface area contributed by atoms with Gasteiger partial charge in [-0.2, -0.15) is 0 Å². The largest absolute Gasteiger partial charge is 0.364 e. The van der Waals surface area contributed by atoms with Gasteiger partial charge in [-0.3, -0.25) is 14.4 Å². The lowest BCUT2D eigenvalue weighted by atomic mass is 10.1. The molecule has 2 unspecified atom stereocenters. The van der Waals surface area contributed by atoms with E-state index in [-0.39, 0.29) is 6.04 Å². The van der Waals surface area contributed by atoms with E-state index in [1.54, 1.807) is 0 Å². The van der Waals surface area contributed by atoms with Crippen molar-refractivity contribution in [3.63, 3.8) is 0 Å². The molecule has 1 heterocycles. The van der Waals surface area contributed by atoms with Crippen molar-refractivity contribution in [2.24, 2.45) is 0 Å². The Bertz CT molecular complexity index is 330. The van der Waals surface area contributed by atoms with Gasteiger partial charge in [-0.15, -0.1) is 0 Å². The summed E-state index contributed by atoms with van der Waals surface area (Å²) in [6.07, 6.45) is 6.19. The molecule has 0 aromatic rings. The van der Waals surface area contributed by atoms with Crippen molar-refractivity contribution in [2.75, 3.05) is 0 Å². The van der Waals surface area contributed by atoms with E-state index >= 15 is 0 Å². The van der Waals surface area contributed by atoms with Crippen LogP contribution in [0.15, 0.2) is 0 Å². The van der Waals surface area contributed by atoms with Gasteiger partial charge in [0.15, 0.2) is 0 Å². The van der Waals surface area contributed by atoms with Crippen LogP contribution in [-0.2, 0) is 13.4 Å². The van der Waals surface area contributed by atoms with Gasteiger partial charge in [-0.05, 0) is 12.8 Å². The van der Waals surface area contributed by atoms with E-state index < -0.39 is 20.7 Å². The predicted octanol–water partition coefficient (Wildman–Crippen LogP) is 1.98. The molecule has 0 aromatic heterocycles. The Labute approximate surface area is 94.5 Å². The SMILES string of the molecule is O=P1(O)OP(=O)(O)C1NC1CCCCCC1. The second-order valence-corrected chi connectivity index (χ2v) is 8.79. The molecule has 2 atom stereocenters. The van der Waals surface area contributed by atoms with Crippen molar-refractivity contribution in [2.45, 2.75) is 50.1 Å². The van der Waals surface area contributed by atoms with Gasteiger partial charge in [0.05, 0.1) is 0 Å². The molecule has 2 rings (SSSR count). The lowest BCUT2D eigenvalue weighted by Crippen LogP contribution is -2.42. The lowest BCUT2D eigenvalue weighted by Gasteiger charge is -2.38. The zero-order valence-electron chi connectivity index (χ0n) is 8.91. The monoisotopic (exact) mass is 269 g/mol. The minimum Gasteiger partial charge on any atom is -0.322 e. The van der Waals surface area contributed by atoms with E-state index in [9.17, 15) is 18.9 Å². The predicted molar refractivity (Wildman–Crippen MR) is 59.1 cm³/mol. The maximum Gasteiger partial charge on any atom is 0.364 e. The Morgan fingerprint density at radius 3 is 1.94 bits per heavy atom. The zero-order valence-corrected chi connectivity index (χ0v) is 10.7. The first kappa shape index (κ1) is 12.7. The van der Waals surface area contributed by atoms with E-state index in [1.165, 1.54) is 0 Å². The van der Waals surface area contributed by atoms with Crippen molar-refractivity contribution in [3.8, 4) is 0 Å². The van der Waals surface area contributed by atoms with Crippen LogP contribution in [0.25, 0.3) is 0 Å². The molecule has 94 valence electrons. The molecule has 0 aromatic carbocycles. The highest BCUT2D eigenvalue weighted by molar-refractivity contribution is 7.84. The highest BCUT2D eigenvalue weighted by Crippen LogP contribution is 2.80. The Kier molecular flexibility index (Phi) is 3.60. The van der Waals surface area contributed by atoms with E-state index in [2.05, 4.69) is 9.63 Å². The minimum atomic E-state index is -3.90. The molecule has 0 radical (unpaired) electrons. The van der Waals surface area contributed by atoms with Crippen LogP contribution in [0.1, 0.15) is 38.5 Å². The molecular formula is C8H17NO5P2. The van der Waals surface area contributed by atoms with Crippen LogP contribution in [0, 0.1) is 0 Å². The van der Waals surface area contributed by atoms with Crippen LogP contribution in [0.5, 0.6) is 0 Å². The fourth-order valence-corrected chi connectivity index (χ4v) is 6.24. The third-order valence-corrected chi connectivity index (χ3v) is 8.25. The van der Waals surface area contributed by atoms with Crippen LogP contribution in [0.2, 0.25) is 0 Å². The van der Waals surface area contributed by atoms with Gasteiger partial charge >= 0.3 is 15.2 Å². The first-order valence-electron chi connectivity index (χ1n) is 5.54. The van der Waals surface area contributed by atoms with Gasteiger partial charge in [-0.1, -0.05) is 25.7 Å². The van der Waals surface area contributed by atoms with Crippen LogP contribution < -0.4 is 5.32 Å². The summed E-state index contributed by atoms with van der Waals surface area (Å²) < 4.78 is 26.8. The van der Waals surface area contributed by atoms with E-state index in [0.717, 1.165) is 38.5 Å². The summed E-state index contributed by atoms with van der Waals surface area (Å²) in [5.74, 6) is 0. The maximum absolute atomic E-state index is 11.3. The molecule has 1 saturated carbocycles. The smallest absolute Gasteiger partial charge is 0.322 e. The summed E-state index contributed by atoms with van der Waals surface area (Å²) in [5.41, 5.74) is -1.27. The third-order valence-electron chi connectivity index (χ3n) is 3.09. The van der Waals surface area contributed by atoms with Crippen LogP contribution in [0.3, 0.4) is 0 Å². The summed E-state index contributed by atoms with van der Waals surface area (Å²) in [4.78, 5) is 18.5. The molecule has 3 N–H and O–H groups in total. The first-order valence-corrected chi connectivity index (χ1v) is 8.83. The van der Waals surface area contributed by atoms with E-state index in [1.807, 2.05) is 0 Å². The molecule has 0 bridgehead atoms. The topological polar surface area (TPSA) is 95.9 Å².